The van der Waals surface area contributed by atoms with Crippen LogP contribution in [0.3, 0.4) is 0 Å². The maximum absolute atomic E-state index is 12.0. The van der Waals surface area contributed by atoms with Gasteiger partial charge in [-0.1, -0.05) is 35.3 Å². The largest absolute Gasteiger partial charge is 0.382 e. The summed E-state index contributed by atoms with van der Waals surface area (Å²) in [6.45, 7) is 0.511. The lowest BCUT2D eigenvalue weighted by molar-refractivity contribution is -0.384. The third kappa shape index (κ3) is 4.84. The summed E-state index contributed by atoms with van der Waals surface area (Å²) >= 11 is 12.1. The summed E-state index contributed by atoms with van der Waals surface area (Å²) in [5.41, 5.74) is 1.90. The molecule has 0 aromatic heterocycles. The average Bonchev–Trinajstić information content (AvgIpc) is 2.56. The summed E-state index contributed by atoms with van der Waals surface area (Å²) < 4.78 is 0. The van der Waals surface area contributed by atoms with E-state index in [1.807, 2.05) is 18.2 Å². The number of anilines is 1. The molecule has 0 aliphatic heterocycles. The summed E-state index contributed by atoms with van der Waals surface area (Å²) in [5, 5.41) is 14.3. The quantitative estimate of drug-likeness (QED) is 0.599. The zero-order valence-electron chi connectivity index (χ0n) is 13.8. The van der Waals surface area contributed by atoms with Crippen molar-refractivity contribution in [3.63, 3.8) is 0 Å². The number of carbonyl (C=O) groups excluding carboxylic acids is 1. The van der Waals surface area contributed by atoms with Crippen molar-refractivity contribution in [3.8, 4) is 0 Å². The Morgan fingerprint density at radius 3 is 2.40 bits per heavy atom. The second-order valence-corrected chi connectivity index (χ2v) is 6.43. The monoisotopic (exact) mass is 381 g/mol. The number of halogens is 2. The highest BCUT2D eigenvalue weighted by Gasteiger charge is 2.14. The van der Waals surface area contributed by atoms with Crippen molar-refractivity contribution in [1.82, 2.24) is 4.90 Å². The van der Waals surface area contributed by atoms with E-state index in [2.05, 4.69) is 5.32 Å². The molecule has 2 rings (SSSR count). The van der Waals surface area contributed by atoms with Gasteiger partial charge in [-0.3, -0.25) is 14.9 Å². The van der Waals surface area contributed by atoms with Gasteiger partial charge in [-0.15, -0.1) is 0 Å². The van der Waals surface area contributed by atoms with Crippen LogP contribution < -0.4 is 5.32 Å². The number of non-ortho nitro benzene ring substituents is 1. The molecule has 8 heteroatoms. The fourth-order valence-corrected chi connectivity index (χ4v) is 2.89. The number of nitrogens with one attached hydrogen (secondary N) is 1. The first-order chi connectivity index (χ1) is 11.8. The van der Waals surface area contributed by atoms with Crippen molar-refractivity contribution in [1.29, 1.82) is 0 Å². The van der Waals surface area contributed by atoms with Gasteiger partial charge in [0.1, 0.15) is 0 Å². The highest BCUT2D eigenvalue weighted by Crippen LogP contribution is 2.34. The Kier molecular flexibility index (Phi) is 6.22. The molecule has 1 amide bonds. The van der Waals surface area contributed by atoms with Gasteiger partial charge in [0.05, 0.1) is 20.7 Å². The van der Waals surface area contributed by atoms with Crippen molar-refractivity contribution >= 4 is 40.5 Å². The van der Waals surface area contributed by atoms with Gasteiger partial charge >= 0.3 is 0 Å². The molecule has 2 aromatic carbocycles. The molecule has 0 spiro atoms. The number of amides is 1. The third-order valence-electron chi connectivity index (χ3n) is 3.53. The van der Waals surface area contributed by atoms with Gasteiger partial charge in [-0.05, 0) is 24.1 Å². The fraction of sp³-hybridized carbons (Fsp3) is 0.235. The molecule has 0 aliphatic rings. The molecule has 0 bridgehead atoms. The predicted molar refractivity (Wildman–Crippen MR) is 99.8 cm³/mol. The number of hydrogen-bond acceptors (Lipinski definition) is 4. The smallest absolute Gasteiger partial charge is 0.272 e. The molecule has 0 saturated carbocycles. The second-order valence-electron chi connectivity index (χ2n) is 5.62. The van der Waals surface area contributed by atoms with Crippen LogP contribution in [0.15, 0.2) is 36.4 Å². The van der Waals surface area contributed by atoms with E-state index in [-0.39, 0.29) is 21.6 Å². The molecule has 6 nitrogen and oxygen atoms in total. The normalized spacial score (nSPS) is 10.4. The molecule has 2 aromatic rings. The Bertz CT molecular complexity index is 786. The summed E-state index contributed by atoms with van der Waals surface area (Å²) in [7, 11) is 3.41. The van der Waals surface area contributed by atoms with Crippen LogP contribution >= 0.6 is 23.2 Å². The van der Waals surface area contributed by atoms with E-state index >= 15 is 0 Å². The summed E-state index contributed by atoms with van der Waals surface area (Å²) in [4.78, 5) is 23.8. The molecule has 0 unspecified atom stereocenters. The van der Waals surface area contributed by atoms with Crippen LogP contribution in [0.5, 0.6) is 0 Å². The highest BCUT2D eigenvalue weighted by atomic mass is 35.5. The van der Waals surface area contributed by atoms with Crippen LogP contribution in [-0.2, 0) is 6.42 Å². The van der Waals surface area contributed by atoms with Gasteiger partial charge in [0.25, 0.3) is 11.6 Å². The van der Waals surface area contributed by atoms with E-state index in [4.69, 9.17) is 23.2 Å². The highest BCUT2D eigenvalue weighted by molar-refractivity contribution is 6.39. The molecule has 0 aliphatic carbocycles. The first-order valence-electron chi connectivity index (χ1n) is 7.47. The molecule has 0 radical (unpaired) electrons. The number of rotatable bonds is 6. The molecule has 132 valence electrons. The standard InChI is InChI=1S/C17H17Cl2N3O3/c1-21(2)17(23)12-5-3-4-11(8-12)6-7-20-16-14(18)9-13(22(24)25)10-15(16)19/h3-5,8-10,20H,6-7H2,1-2H3. The van der Waals surface area contributed by atoms with Gasteiger partial charge in [0, 0.05) is 38.3 Å². The van der Waals surface area contributed by atoms with E-state index in [0.717, 1.165) is 5.56 Å². The van der Waals surface area contributed by atoms with Crippen LogP contribution in [0, 0.1) is 10.1 Å². The minimum Gasteiger partial charge on any atom is -0.382 e. The van der Waals surface area contributed by atoms with Crippen LogP contribution in [0.2, 0.25) is 10.0 Å². The summed E-state index contributed by atoms with van der Waals surface area (Å²) in [5.74, 6) is -0.0590. The van der Waals surface area contributed by atoms with Crippen molar-refractivity contribution < 1.29 is 9.72 Å². The van der Waals surface area contributed by atoms with E-state index in [1.165, 1.54) is 17.0 Å². The lowest BCUT2D eigenvalue weighted by atomic mass is 10.1. The van der Waals surface area contributed by atoms with E-state index in [9.17, 15) is 14.9 Å². The summed E-state index contributed by atoms with van der Waals surface area (Å²) in [6, 6.07) is 9.87. The minimum absolute atomic E-state index is 0.0590. The van der Waals surface area contributed by atoms with E-state index in [0.29, 0.717) is 24.2 Å². The van der Waals surface area contributed by atoms with Crippen LogP contribution in [-0.4, -0.2) is 36.4 Å². The molecular formula is C17H17Cl2N3O3. The van der Waals surface area contributed by atoms with Crippen LogP contribution in [0.25, 0.3) is 0 Å². The van der Waals surface area contributed by atoms with Gasteiger partial charge in [-0.25, -0.2) is 0 Å². The molecule has 25 heavy (non-hydrogen) atoms. The van der Waals surface area contributed by atoms with Crippen molar-refractivity contribution in [2.45, 2.75) is 6.42 Å². The molecule has 0 fully saturated rings. The van der Waals surface area contributed by atoms with Crippen molar-refractivity contribution in [3.05, 3.63) is 67.7 Å². The van der Waals surface area contributed by atoms with Crippen molar-refractivity contribution in [2.75, 3.05) is 26.0 Å². The molecule has 0 atom stereocenters. The average molecular weight is 382 g/mol. The van der Waals surface area contributed by atoms with Crippen molar-refractivity contribution in [2.24, 2.45) is 0 Å². The Morgan fingerprint density at radius 2 is 1.84 bits per heavy atom. The molecule has 1 N–H and O–H groups in total. The predicted octanol–water partition coefficient (Wildman–Crippen LogP) is 4.26. The molecular weight excluding hydrogens is 365 g/mol. The lowest BCUT2D eigenvalue weighted by Gasteiger charge is -2.12. The summed E-state index contributed by atoms with van der Waals surface area (Å²) in [6.07, 6.45) is 0.637. The number of nitro benzene ring substituents is 1. The van der Waals surface area contributed by atoms with Gasteiger partial charge < -0.3 is 10.2 Å². The Balaban J connectivity index is 2.05. The zero-order chi connectivity index (χ0) is 18.6. The maximum Gasteiger partial charge on any atom is 0.272 e. The molecule has 0 saturated heterocycles. The zero-order valence-corrected chi connectivity index (χ0v) is 15.3. The van der Waals surface area contributed by atoms with Crippen LogP contribution in [0.4, 0.5) is 11.4 Å². The first kappa shape index (κ1) is 19.0. The first-order valence-corrected chi connectivity index (χ1v) is 8.23. The van der Waals surface area contributed by atoms with E-state index < -0.39 is 4.92 Å². The van der Waals surface area contributed by atoms with E-state index in [1.54, 1.807) is 20.2 Å². The fourth-order valence-electron chi connectivity index (χ4n) is 2.28. The number of carbonyl (C=O) groups is 1. The van der Waals surface area contributed by atoms with Crippen LogP contribution in [0.1, 0.15) is 15.9 Å². The number of nitrogens with zero attached hydrogens (tertiary/aromatic N) is 2. The van der Waals surface area contributed by atoms with Gasteiger partial charge in [-0.2, -0.15) is 0 Å². The minimum atomic E-state index is -0.547. The Hall–Kier alpha value is -2.31. The number of nitro groups is 1. The molecule has 0 heterocycles. The third-order valence-corrected chi connectivity index (χ3v) is 4.13. The maximum atomic E-state index is 12.0. The number of benzene rings is 2. The SMILES string of the molecule is CN(C)C(=O)c1cccc(CCNc2c(Cl)cc([N+](=O)[O-])cc2Cl)c1. The topological polar surface area (TPSA) is 75.5 Å². The lowest BCUT2D eigenvalue weighted by Crippen LogP contribution is -2.21. The number of hydrogen-bond donors (Lipinski definition) is 1. The Labute approximate surface area is 155 Å². The Morgan fingerprint density at radius 1 is 1.20 bits per heavy atom. The van der Waals surface area contributed by atoms with Gasteiger partial charge in [0.2, 0.25) is 0 Å². The second kappa shape index (κ2) is 8.18. The van der Waals surface area contributed by atoms with Gasteiger partial charge in [0.15, 0.2) is 0 Å².